The Kier molecular flexibility index (Phi) is 2.75. The monoisotopic (exact) mass is 252 g/mol. The number of carbonyl (C=O) groups excluding carboxylic acids is 1. The number of carbonyl (C=O) groups is 1. The highest BCUT2D eigenvalue weighted by atomic mass is 16.1. The van der Waals surface area contributed by atoms with Gasteiger partial charge in [-0.3, -0.25) is 4.79 Å². The van der Waals surface area contributed by atoms with Crippen LogP contribution in [0.25, 0.3) is 21.8 Å². The van der Waals surface area contributed by atoms with Crippen molar-refractivity contribution in [3.63, 3.8) is 0 Å². The number of amides is 1. The fraction of sp³-hybridized carbons (Fsp3) is 0.188. The molecule has 0 fully saturated rings. The summed E-state index contributed by atoms with van der Waals surface area (Å²) >= 11 is 0. The van der Waals surface area contributed by atoms with Gasteiger partial charge in [0.25, 0.3) is 0 Å². The summed E-state index contributed by atoms with van der Waals surface area (Å²) < 4.78 is 2.20. The normalized spacial score (nSPS) is 11.2. The van der Waals surface area contributed by atoms with Gasteiger partial charge in [0.1, 0.15) is 0 Å². The second kappa shape index (κ2) is 4.43. The van der Waals surface area contributed by atoms with E-state index < -0.39 is 0 Å². The van der Waals surface area contributed by atoms with Crippen LogP contribution in [0.5, 0.6) is 0 Å². The smallest absolute Gasteiger partial charge is 0.217 e. The van der Waals surface area contributed by atoms with Gasteiger partial charge in [-0.15, -0.1) is 0 Å². The minimum Gasteiger partial charge on any atom is -0.370 e. The standard InChI is InChI=1S/C16H16N2O/c1-18-14-5-3-2-4-12(14)13-10-11(6-8-15(13)18)7-9-16(17)19/h2-6,8,10H,7,9H2,1H3,(H2,17,19). The Balaban J connectivity index is 2.16. The number of benzene rings is 2. The maximum Gasteiger partial charge on any atom is 0.217 e. The lowest BCUT2D eigenvalue weighted by Gasteiger charge is -2.01. The van der Waals surface area contributed by atoms with Crippen molar-refractivity contribution in [2.45, 2.75) is 12.8 Å². The maximum absolute atomic E-state index is 10.9. The molecule has 2 aromatic carbocycles. The molecule has 1 aromatic heterocycles. The van der Waals surface area contributed by atoms with E-state index in [-0.39, 0.29) is 5.91 Å². The first-order valence-electron chi connectivity index (χ1n) is 6.41. The zero-order valence-corrected chi connectivity index (χ0v) is 10.9. The molecule has 1 amide bonds. The minimum absolute atomic E-state index is 0.252. The highest BCUT2D eigenvalue weighted by Crippen LogP contribution is 2.28. The molecule has 0 aliphatic heterocycles. The van der Waals surface area contributed by atoms with Crippen LogP contribution in [0.3, 0.4) is 0 Å². The van der Waals surface area contributed by atoms with Gasteiger partial charge in [-0.2, -0.15) is 0 Å². The lowest BCUT2D eigenvalue weighted by molar-refractivity contribution is -0.117. The predicted octanol–water partition coefficient (Wildman–Crippen LogP) is 2.75. The first-order chi connectivity index (χ1) is 9.16. The molecule has 0 saturated carbocycles. The number of aryl methyl sites for hydroxylation is 2. The fourth-order valence-electron chi connectivity index (χ4n) is 2.64. The van der Waals surface area contributed by atoms with E-state index in [9.17, 15) is 4.79 Å². The average molecular weight is 252 g/mol. The highest BCUT2D eigenvalue weighted by Gasteiger charge is 2.08. The van der Waals surface area contributed by atoms with Crippen LogP contribution in [-0.2, 0) is 18.3 Å². The fourth-order valence-corrected chi connectivity index (χ4v) is 2.64. The summed E-state index contributed by atoms with van der Waals surface area (Å²) in [5.41, 5.74) is 8.80. The number of hydrogen-bond donors (Lipinski definition) is 1. The van der Waals surface area contributed by atoms with Crippen molar-refractivity contribution >= 4 is 27.7 Å². The predicted molar refractivity (Wildman–Crippen MR) is 77.9 cm³/mol. The molecule has 3 heteroatoms. The Morgan fingerprint density at radius 1 is 1.11 bits per heavy atom. The molecule has 0 spiro atoms. The van der Waals surface area contributed by atoms with Crippen molar-refractivity contribution in [3.8, 4) is 0 Å². The van der Waals surface area contributed by atoms with Gasteiger partial charge >= 0.3 is 0 Å². The van der Waals surface area contributed by atoms with Crippen molar-refractivity contribution in [2.75, 3.05) is 0 Å². The summed E-state index contributed by atoms with van der Waals surface area (Å²) in [5.74, 6) is -0.252. The van der Waals surface area contributed by atoms with E-state index in [1.165, 1.54) is 21.8 Å². The summed E-state index contributed by atoms with van der Waals surface area (Å²) in [6, 6.07) is 14.7. The topological polar surface area (TPSA) is 48.0 Å². The summed E-state index contributed by atoms with van der Waals surface area (Å²) in [5, 5.41) is 2.49. The molecule has 96 valence electrons. The van der Waals surface area contributed by atoms with Crippen LogP contribution in [0.1, 0.15) is 12.0 Å². The number of fused-ring (bicyclic) bond motifs is 3. The highest BCUT2D eigenvalue weighted by molar-refractivity contribution is 6.08. The molecule has 1 heterocycles. The summed E-state index contributed by atoms with van der Waals surface area (Å²) in [6.07, 6.45) is 1.10. The molecule has 0 radical (unpaired) electrons. The lowest BCUT2D eigenvalue weighted by atomic mass is 10.1. The Labute approximate surface area is 111 Å². The summed E-state index contributed by atoms with van der Waals surface area (Å²) in [6.45, 7) is 0. The minimum atomic E-state index is -0.252. The summed E-state index contributed by atoms with van der Waals surface area (Å²) in [4.78, 5) is 10.9. The quantitative estimate of drug-likeness (QED) is 0.765. The Bertz CT molecular complexity index is 771. The SMILES string of the molecule is Cn1c2ccccc2c2cc(CCC(N)=O)ccc21. The number of para-hydroxylation sites is 1. The molecule has 3 aromatic rings. The number of nitrogens with zero attached hydrogens (tertiary/aromatic N) is 1. The molecule has 0 aliphatic rings. The number of primary amides is 1. The van der Waals surface area contributed by atoms with Gasteiger partial charge in [0.15, 0.2) is 0 Å². The average Bonchev–Trinajstić information content (AvgIpc) is 2.71. The zero-order chi connectivity index (χ0) is 13.4. The van der Waals surface area contributed by atoms with Crippen molar-refractivity contribution in [1.82, 2.24) is 4.57 Å². The molecule has 0 bridgehead atoms. The Hall–Kier alpha value is -2.29. The molecule has 3 nitrogen and oxygen atoms in total. The third kappa shape index (κ3) is 1.97. The molecular weight excluding hydrogens is 236 g/mol. The van der Waals surface area contributed by atoms with E-state index in [0.717, 1.165) is 5.56 Å². The van der Waals surface area contributed by atoms with Crippen molar-refractivity contribution in [3.05, 3.63) is 48.0 Å². The molecule has 0 atom stereocenters. The number of nitrogens with two attached hydrogens (primary N) is 1. The van der Waals surface area contributed by atoms with Crippen molar-refractivity contribution in [1.29, 1.82) is 0 Å². The number of hydrogen-bond acceptors (Lipinski definition) is 1. The van der Waals surface area contributed by atoms with Crippen LogP contribution < -0.4 is 5.73 Å². The van der Waals surface area contributed by atoms with E-state index >= 15 is 0 Å². The third-order valence-electron chi connectivity index (χ3n) is 3.64. The molecular formula is C16H16N2O. The van der Waals surface area contributed by atoms with Gasteiger partial charge in [-0.25, -0.2) is 0 Å². The van der Waals surface area contributed by atoms with Crippen LogP contribution >= 0.6 is 0 Å². The van der Waals surface area contributed by atoms with Gasteiger partial charge in [-0.05, 0) is 30.2 Å². The zero-order valence-electron chi connectivity index (χ0n) is 10.9. The van der Waals surface area contributed by atoms with Gasteiger partial charge in [-0.1, -0.05) is 24.3 Å². The first kappa shape index (κ1) is 11.8. The van der Waals surface area contributed by atoms with Gasteiger partial charge < -0.3 is 10.3 Å². The van der Waals surface area contributed by atoms with Crippen LogP contribution in [0, 0.1) is 0 Å². The molecule has 0 saturated heterocycles. The molecule has 0 unspecified atom stereocenters. The second-order valence-corrected chi connectivity index (χ2v) is 4.89. The van der Waals surface area contributed by atoms with Crippen molar-refractivity contribution in [2.24, 2.45) is 12.8 Å². The number of rotatable bonds is 3. The molecule has 2 N–H and O–H groups in total. The number of aromatic nitrogens is 1. The second-order valence-electron chi connectivity index (χ2n) is 4.89. The van der Waals surface area contributed by atoms with E-state index in [0.29, 0.717) is 12.8 Å². The van der Waals surface area contributed by atoms with E-state index in [1.54, 1.807) is 0 Å². The molecule has 0 aliphatic carbocycles. The maximum atomic E-state index is 10.9. The van der Waals surface area contributed by atoms with Crippen LogP contribution in [0.15, 0.2) is 42.5 Å². The van der Waals surface area contributed by atoms with E-state index in [1.807, 2.05) is 0 Å². The van der Waals surface area contributed by atoms with E-state index in [2.05, 4.69) is 54.1 Å². The van der Waals surface area contributed by atoms with Crippen LogP contribution in [0.4, 0.5) is 0 Å². The van der Waals surface area contributed by atoms with Crippen LogP contribution in [0.2, 0.25) is 0 Å². The summed E-state index contributed by atoms with van der Waals surface area (Å²) in [7, 11) is 2.08. The molecule has 19 heavy (non-hydrogen) atoms. The van der Waals surface area contributed by atoms with Crippen molar-refractivity contribution < 1.29 is 4.79 Å². The lowest BCUT2D eigenvalue weighted by Crippen LogP contribution is -2.11. The Morgan fingerprint density at radius 3 is 2.63 bits per heavy atom. The third-order valence-corrected chi connectivity index (χ3v) is 3.64. The van der Waals surface area contributed by atoms with Crippen LogP contribution in [-0.4, -0.2) is 10.5 Å². The first-order valence-corrected chi connectivity index (χ1v) is 6.41. The largest absolute Gasteiger partial charge is 0.370 e. The van der Waals surface area contributed by atoms with Gasteiger partial charge in [0.05, 0.1) is 0 Å². The Morgan fingerprint density at radius 2 is 1.84 bits per heavy atom. The van der Waals surface area contributed by atoms with Gasteiger partial charge in [0.2, 0.25) is 5.91 Å². The van der Waals surface area contributed by atoms with E-state index in [4.69, 9.17) is 5.73 Å². The molecule has 3 rings (SSSR count). The van der Waals surface area contributed by atoms with Gasteiger partial charge in [0, 0.05) is 35.3 Å².